The van der Waals surface area contributed by atoms with Gasteiger partial charge in [-0.1, -0.05) is 88.4 Å². The van der Waals surface area contributed by atoms with Crippen LogP contribution in [0.1, 0.15) is 63.3 Å². The zero-order valence-corrected chi connectivity index (χ0v) is 22.0. The molecule has 1 atom stereocenters. The number of aliphatic hydroxyl groups is 1. The number of ether oxygens (including phenoxy) is 1. The van der Waals surface area contributed by atoms with Gasteiger partial charge in [0.2, 0.25) is 0 Å². The number of aryl methyl sites for hydroxylation is 1. The van der Waals surface area contributed by atoms with Gasteiger partial charge in [-0.15, -0.1) is 0 Å². The zero-order valence-electron chi connectivity index (χ0n) is 22.0. The first-order chi connectivity index (χ1) is 17.7. The van der Waals surface area contributed by atoms with Crippen molar-refractivity contribution in [2.75, 3.05) is 11.5 Å². The molecular formula is C32H35NO4. The van der Waals surface area contributed by atoms with Crippen LogP contribution < -0.4 is 9.64 Å². The van der Waals surface area contributed by atoms with Gasteiger partial charge < -0.3 is 9.84 Å². The lowest BCUT2D eigenvalue weighted by molar-refractivity contribution is -0.118. The van der Waals surface area contributed by atoms with Crippen LogP contribution in [0.4, 0.5) is 5.69 Å². The maximum atomic E-state index is 13.5. The van der Waals surface area contributed by atoms with Crippen LogP contribution in [0, 0.1) is 0 Å². The van der Waals surface area contributed by atoms with E-state index in [9.17, 15) is 14.7 Å². The Morgan fingerprint density at radius 2 is 1.68 bits per heavy atom. The summed E-state index contributed by atoms with van der Waals surface area (Å²) < 4.78 is 5.79. The monoisotopic (exact) mass is 497 g/mol. The van der Waals surface area contributed by atoms with E-state index in [1.165, 1.54) is 4.90 Å². The molecule has 192 valence electrons. The van der Waals surface area contributed by atoms with Crippen molar-refractivity contribution in [3.05, 3.63) is 107 Å². The number of benzene rings is 3. The van der Waals surface area contributed by atoms with E-state index in [1.807, 2.05) is 73.7 Å². The summed E-state index contributed by atoms with van der Waals surface area (Å²) in [5.74, 6) is -0.666. The lowest BCUT2D eigenvalue weighted by atomic mass is 9.85. The van der Waals surface area contributed by atoms with E-state index < -0.39 is 17.7 Å². The van der Waals surface area contributed by atoms with Crippen molar-refractivity contribution < 1.29 is 19.4 Å². The Morgan fingerprint density at radius 3 is 2.32 bits per heavy atom. The fourth-order valence-corrected chi connectivity index (χ4v) is 4.62. The number of nitrogens with zero attached hydrogens (tertiary/aromatic N) is 1. The van der Waals surface area contributed by atoms with Gasteiger partial charge in [-0.05, 0) is 47.1 Å². The number of carbonyl (C=O) groups is 2. The second-order valence-corrected chi connectivity index (χ2v) is 10.5. The molecule has 0 aliphatic carbocycles. The molecule has 3 aromatic carbocycles. The molecule has 0 radical (unpaired) electrons. The van der Waals surface area contributed by atoms with Crippen LogP contribution in [0.2, 0.25) is 0 Å². The molecule has 1 unspecified atom stereocenters. The number of carbonyl (C=O) groups excluding carboxylic acids is 2. The minimum absolute atomic E-state index is 0.0407. The Labute approximate surface area is 219 Å². The van der Waals surface area contributed by atoms with Crippen LogP contribution in [0.5, 0.6) is 5.75 Å². The molecule has 0 spiro atoms. The van der Waals surface area contributed by atoms with Crippen LogP contribution >= 0.6 is 0 Å². The van der Waals surface area contributed by atoms with Crippen LogP contribution in [0.25, 0.3) is 0 Å². The quantitative estimate of drug-likeness (QED) is 0.350. The predicted molar refractivity (Wildman–Crippen MR) is 147 cm³/mol. The SMILES string of the molecule is CCCOc1cccc(N2C(=O)C(O)=C(C(=O)CCc3ccccc3)C2c2ccc(C(C)(C)C)cc2)c1. The van der Waals surface area contributed by atoms with E-state index in [-0.39, 0.29) is 23.2 Å². The van der Waals surface area contributed by atoms with Gasteiger partial charge in [0, 0.05) is 18.2 Å². The lowest BCUT2D eigenvalue weighted by Crippen LogP contribution is -2.31. The van der Waals surface area contributed by atoms with Gasteiger partial charge in [0.1, 0.15) is 5.75 Å². The maximum Gasteiger partial charge on any atom is 0.294 e. The Bertz CT molecular complexity index is 1290. The summed E-state index contributed by atoms with van der Waals surface area (Å²) in [6.07, 6.45) is 1.58. The van der Waals surface area contributed by atoms with E-state index >= 15 is 0 Å². The molecule has 0 saturated heterocycles. The number of rotatable bonds is 9. The van der Waals surface area contributed by atoms with Gasteiger partial charge in [-0.3, -0.25) is 14.5 Å². The van der Waals surface area contributed by atoms with Gasteiger partial charge >= 0.3 is 0 Å². The van der Waals surface area contributed by atoms with Crippen molar-refractivity contribution in [2.45, 2.75) is 58.4 Å². The summed E-state index contributed by atoms with van der Waals surface area (Å²) >= 11 is 0. The van der Waals surface area contributed by atoms with Crippen LogP contribution in [0.15, 0.2) is 90.2 Å². The summed E-state index contributed by atoms with van der Waals surface area (Å²) in [5, 5.41) is 11.0. The average Bonchev–Trinajstić information content (AvgIpc) is 3.16. The number of hydrogen-bond donors (Lipinski definition) is 1. The molecule has 1 N–H and O–H groups in total. The number of anilines is 1. The third-order valence-corrected chi connectivity index (χ3v) is 6.65. The third kappa shape index (κ3) is 5.77. The largest absolute Gasteiger partial charge is 0.503 e. The zero-order chi connectivity index (χ0) is 26.6. The highest BCUT2D eigenvalue weighted by Gasteiger charge is 2.44. The van der Waals surface area contributed by atoms with E-state index in [0.29, 0.717) is 24.5 Å². The number of amides is 1. The molecule has 1 aliphatic rings. The summed E-state index contributed by atoms with van der Waals surface area (Å²) in [5.41, 5.74) is 3.62. The summed E-state index contributed by atoms with van der Waals surface area (Å²) in [6.45, 7) is 9.00. The van der Waals surface area contributed by atoms with E-state index in [0.717, 1.165) is 23.1 Å². The first-order valence-electron chi connectivity index (χ1n) is 12.9. The van der Waals surface area contributed by atoms with Gasteiger partial charge in [0.05, 0.1) is 18.2 Å². The fraction of sp³-hybridized carbons (Fsp3) is 0.312. The topological polar surface area (TPSA) is 66.8 Å². The molecule has 37 heavy (non-hydrogen) atoms. The summed E-state index contributed by atoms with van der Waals surface area (Å²) in [6, 6.07) is 24.2. The van der Waals surface area contributed by atoms with Gasteiger partial charge in [-0.2, -0.15) is 0 Å². The molecule has 0 aromatic heterocycles. The number of hydrogen-bond acceptors (Lipinski definition) is 4. The normalized spacial score (nSPS) is 15.8. The summed E-state index contributed by atoms with van der Waals surface area (Å²) in [7, 11) is 0. The van der Waals surface area contributed by atoms with Crippen LogP contribution in [-0.4, -0.2) is 23.4 Å². The number of Topliss-reactive ketones (excluding diaryl/α,β-unsaturated/α-hetero) is 1. The van der Waals surface area contributed by atoms with E-state index in [4.69, 9.17) is 4.74 Å². The van der Waals surface area contributed by atoms with Crippen molar-refractivity contribution in [3.63, 3.8) is 0 Å². The molecule has 4 rings (SSSR count). The van der Waals surface area contributed by atoms with Crippen molar-refractivity contribution in [1.82, 2.24) is 0 Å². The first kappa shape index (κ1) is 26.2. The second-order valence-electron chi connectivity index (χ2n) is 10.5. The molecule has 1 aliphatic heterocycles. The maximum absolute atomic E-state index is 13.5. The highest BCUT2D eigenvalue weighted by Crippen LogP contribution is 2.42. The fourth-order valence-electron chi connectivity index (χ4n) is 4.62. The highest BCUT2D eigenvalue weighted by molar-refractivity contribution is 6.16. The minimum Gasteiger partial charge on any atom is -0.503 e. The average molecular weight is 498 g/mol. The standard InChI is InChI=1S/C32H35NO4/c1-5-20-37-26-13-9-12-25(21-26)33-29(23-15-17-24(18-16-23)32(2,3)4)28(30(35)31(33)36)27(34)19-14-22-10-7-6-8-11-22/h6-13,15-18,21,29,35H,5,14,19-20H2,1-4H3. The molecule has 5 nitrogen and oxygen atoms in total. The molecule has 5 heteroatoms. The van der Waals surface area contributed by atoms with E-state index in [2.05, 4.69) is 20.8 Å². The summed E-state index contributed by atoms with van der Waals surface area (Å²) in [4.78, 5) is 28.5. The van der Waals surface area contributed by atoms with Gasteiger partial charge in [0.15, 0.2) is 11.5 Å². The Morgan fingerprint density at radius 1 is 0.973 bits per heavy atom. The third-order valence-electron chi connectivity index (χ3n) is 6.65. The van der Waals surface area contributed by atoms with Gasteiger partial charge in [-0.25, -0.2) is 0 Å². The minimum atomic E-state index is -0.730. The van der Waals surface area contributed by atoms with Crippen LogP contribution in [-0.2, 0) is 21.4 Å². The van der Waals surface area contributed by atoms with Crippen molar-refractivity contribution in [3.8, 4) is 5.75 Å². The molecule has 0 bridgehead atoms. The first-order valence-corrected chi connectivity index (χ1v) is 12.9. The molecule has 0 saturated carbocycles. The number of aliphatic hydroxyl groups excluding tert-OH is 1. The smallest absolute Gasteiger partial charge is 0.294 e. The van der Waals surface area contributed by atoms with Crippen molar-refractivity contribution in [2.24, 2.45) is 0 Å². The Balaban J connectivity index is 1.73. The van der Waals surface area contributed by atoms with Gasteiger partial charge in [0.25, 0.3) is 5.91 Å². The van der Waals surface area contributed by atoms with Crippen LogP contribution in [0.3, 0.4) is 0 Å². The lowest BCUT2D eigenvalue weighted by Gasteiger charge is -2.28. The molecule has 3 aromatic rings. The number of ketones is 1. The molecule has 1 amide bonds. The second kappa shape index (κ2) is 11.0. The Kier molecular flexibility index (Phi) is 7.82. The van der Waals surface area contributed by atoms with E-state index in [1.54, 1.807) is 12.1 Å². The Hall–Kier alpha value is -3.86. The molecule has 0 fully saturated rings. The van der Waals surface area contributed by atoms with Crippen molar-refractivity contribution >= 4 is 17.4 Å². The predicted octanol–water partition coefficient (Wildman–Crippen LogP) is 6.87. The van der Waals surface area contributed by atoms with Crippen molar-refractivity contribution in [1.29, 1.82) is 0 Å². The molecule has 1 heterocycles. The molecular weight excluding hydrogens is 462 g/mol. The highest BCUT2D eigenvalue weighted by atomic mass is 16.5.